The van der Waals surface area contributed by atoms with Crippen molar-refractivity contribution in [2.24, 2.45) is 11.8 Å². The molecule has 0 amide bonds. The first kappa shape index (κ1) is 26.2. The highest BCUT2D eigenvalue weighted by Gasteiger charge is 2.38. The Morgan fingerprint density at radius 2 is 1.88 bits per heavy atom. The molecule has 1 N–H and O–H groups in total. The van der Waals surface area contributed by atoms with Crippen LogP contribution < -0.4 is 4.74 Å². The second-order valence-corrected chi connectivity index (χ2v) is 11.4. The van der Waals surface area contributed by atoms with Gasteiger partial charge in [-0.15, -0.1) is 0 Å². The van der Waals surface area contributed by atoms with Crippen molar-refractivity contribution in [3.05, 3.63) is 59.7 Å². The third kappa shape index (κ3) is 6.39. The van der Waals surface area contributed by atoms with Gasteiger partial charge in [0.2, 0.25) is 10.0 Å². The number of benzene rings is 2. The Balaban J connectivity index is 1.99. The smallest absolute Gasteiger partial charge is 0.247 e. The Morgan fingerprint density at radius 3 is 2.53 bits per heavy atom. The van der Waals surface area contributed by atoms with Gasteiger partial charge in [-0.3, -0.25) is 4.90 Å². The Bertz CT molecular complexity index is 1120. The lowest BCUT2D eigenvalue weighted by molar-refractivity contribution is 0.0733. The molecule has 7 heteroatoms. The zero-order chi connectivity index (χ0) is 24.9. The molecule has 2 aromatic rings. The molecule has 0 saturated carbocycles. The predicted octanol–water partition coefficient (Wildman–Crippen LogP) is 3.59. The minimum absolute atomic E-state index is 0.0967. The zero-order valence-electron chi connectivity index (χ0n) is 20.7. The van der Waals surface area contributed by atoms with Gasteiger partial charge in [0, 0.05) is 43.1 Å². The van der Waals surface area contributed by atoms with Gasteiger partial charge in [-0.1, -0.05) is 62.9 Å². The summed E-state index contributed by atoms with van der Waals surface area (Å²) in [4.78, 5) is 2.31. The fourth-order valence-corrected chi connectivity index (χ4v) is 5.84. The normalized spacial score (nSPS) is 21.1. The number of rotatable bonds is 6. The van der Waals surface area contributed by atoms with E-state index in [1.807, 2.05) is 46.0 Å². The molecular weight excluding hydrogens is 448 g/mol. The first-order chi connectivity index (χ1) is 16.1. The van der Waals surface area contributed by atoms with Crippen LogP contribution in [-0.4, -0.2) is 61.6 Å². The number of fused-ring (bicyclic) bond motifs is 1. The van der Waals surface area contributed by atoms with E-state index in [0.29, 0.717) is 17.9 Å². The van der Waals surface area contributed by atoms with Crippen LogP contribution in [-0.2, 0) is 16.6 Å². The number of hydrogen-bond donors (Lipinski definition) is 1. The topological polar surface area (TPSA) is 70.1 Å². The van der Waals surface area contributed by atoms with E-state index in [1.165, 1.54) is 9.87 Å². The molecule has 34 heavy (non-hydrogen) atoms. The lowest BCUT2D eigenvalue weighted by atomic mass is 10.0. The molecule has 2 aromatic carbocycles. The Kier molecular flexibility index (Phi) is 8.78. The number of aliphatic hydroxyl groups is 1. The first-order valence-corrected chi connectivity index (χ1v) is 13.2. The van der Waals surface area contributed by atoms with Crippen molar-refractivity contribution in [3.8, 4) is 17.6 Å². The molecule has 1 heterocycles. The summed E-state index contributed by atoms with van der Waals surface area (Å²) in [5.74, 6) is 6.66. The molecule has 184 valence electrons. The van der Waals surface area contributed by atoms with Gasteiger partial charge in [0.15, 0.2) is 0 Å². The summed E-state index contributed by atoms with van der Waals surface area (Å²) in [5, 5.41) is 9.79. The number of sulfonamides is 1. The number of hydrogen-bond acceptors (Lipinski definition) is 5. The molecule has 0 aromatic heterocycles. The van der Waals surface area contributed by atoms with E-state index in [9.17, 15) is 13.5 Å². The van der Waals surface area contributed by atoms with E-state index in [0.717, 1.165) is 6.54 Å². The average molecular weight is 485 g/mol. The standard InChI is InChI=1S/C27H36N2O4S/c1-20(2)11-12-23-13-14-27-25(15-23)33-26(18-28(5)17-24-9-7-6-8-10-24)21(3)16-29(22(4)19-30)34(27,31)32/h6-10,13-15,20-22,26,30H,16-19H2,1-5H3/t21-,22+,26+/m1/s1. The van der Waals surface area contributed by atoms with Gasteiger partial charge in [0.25, 0.3) is 0 Å². The number of ether oxygens (including phenoxy) is 1. The highest BCUT2D eigenvalue weighted by atomic mass is 32.2. The molecule has 1 aliphatic rings. The van der Waals surface area contributed by atoms with Crippen LogP contribution in [0.15, 0.2) is 53.4 Å². The minimum Gasteiger partial charge on any atom is -0.487 e. The average Bonchev–Trinajstić information content (AvgIpc) is 2.80. The second kappa shape index (κ2) is 11.4. The van der Waals surface area contributed by atoms with Gasteiger partial charge in [-0.05, 0) is 37.7 Å². The lowest BCUT2D eigenvalue weighted by Crippen LogP contribution is -2.49. The van der Waals surface area contributed by atoms with E-state index < -0.39 is 16.1 Å². The van der Waals surface area contributed by atoms with Crippen molar-refractivity contribution in [1.29, 1.82) is 0 Å². The van der Waals surface area contributed by atoms with Crippen molar-refractivity contribution >= 4 is 10.0 Å². The van der Waals surface area contributed by atoms with Crippen molar-refractivity contribution in [1.82, 2.24) is 9.21 Å². The lowest BCUT2D eigenvalue weighted by Gasteiger charge is -2.37. The van der Waals surface area contributed by atoms with Crippen LogP contribution in [0.5, 0.6) is 5.75 Å². The van der Waals surface area contributed by atoms with Crippen molar-refractivity contribution in [2.75, 3.05) is 26.7 Å². The van der Waals surface area contributed by atoms with Gasteiger partial charge < -0.3 is 9.84 Å². The molecule has 0 saturated heterocycles. The van der Waals surface area contributed by atoms with Crippen LogP contribution in [0, 0.1) is 23.7 Å². The maximum atomic E-state index is 13.6. The molecule has 0 bridgehead atoms. The van der Waals surface area contributed by atoms with Crippen molar-refractivity contribution in [3.63, 3.8) is 0 Å². The van der Waals surface area contributed by atoms with Crippen LogP contribution in [0.3, 0.4) is 0 Å². The van der Waals surface area contributed by atoms with Gasteiger partial charge in [0.05, 0.1) is 6.61 Å². The molecule has 3 rings (SSSR count). The summed E-state index contributed by atoms with van der Waals surface area (Å²) in [6.45, 7) is 9.15. The summed E-state index contributed by atoms with van der Waals surface area (Å²) in [6, 6.07) is 14.7. The second-order valence-electron chi connectivity index (χ2n) is 9.51. The van der Waals surface area contributed by atoms with E-state index >= 15 is 0 Å². The molecule has 3 atom stereocenters. The summed E-state index contributed by atoms with van der Waals surface area (Å²) in [7, 11) is -1.81. The summed E-state index contributed by atoms with van der Waals surface area (Å²) in [5.41, 5.74) is 1.92. The summed E-state index contributed by atoms with van der Waals surface area (Å²) < 4.78 is 34.9. The van der Waals surface area contributed by atoms with Crippen LogP contribution in [0.2, 0.25) is 0 Å². The quantitative estimate of drug-likeness (QED) is 0.635. The van der Waals surface area contributed by atoms with E-state index in [1.54, 1.807) is 25.1 Å². The van der Waals surface area contributed by atoms with Crippen LogP contribution in [0.25, 0.3) is 0 Å². The molecule has 0 fully saturated rings. The monoisotopic (exact) mass is 484 g/mol. The SMILES string of the molecule is CC(C)C#Cc1ccc2c(c1)O[C@@H](CN(C)Cc1ccccc1)[C@H](C)CN([C@@H](C)CO)S2(=O)=O. The molecular formula is C27H36N2O4S. The maximum absolute atomic E-state index is 13.6. The minimum atomic E-state index is -3.85. The summed E-state index contributed by atoms with van der Waals surface area (Å²) in [6.07, 6.45) is -0.246. The number of nitrogens with zero attached hydrogens (tertiary/aromatic N) is 2. The molecule has 0 radical (unpaired) electrons. The summed E-state index contributed by atoms with van der Waals surface area (Å²) >= 11 is 0. The number of aliphatic hydroxyl groups excluding tert-OH is 1. The van der Waals surface area contributed by atoms with Crippen LogP contribution >= 0.6 is 0 Å². The van der Waals surface area contributed by atoms with Gasteiger partial charge in [-0.25, -0.2) is 8.42 Å². The van der Waals surface area contributed by atoms with Gasteiger partial charge >= 0.3 is 0 Å². The fraction of sp³-hybridized carbons (Fsp3) is 0.481. The largest absolute Gasteiger partial charge is 0.487 e. The number of likely N-dealkylation sites (N-methyl/N-ethyl adjacent to an activating group) is 1. The van der Waals surface area contributed by atoms with E-state index in [4.69, 9.17) is 4.74 Å². The highest BCUT2D eigenvalue weighted by molar-refractivity contribution is 7.89. The third-order valence-electron chi connectivity index (χ3n) is 5.96. The highest BCUT2D eigenvalue weighted by Crippen LogP contribution is 2.34. The Morgan fingerprint density at radius 1 is 1.18 bits per heavy atom. The Labute approximate surface area is 204 Å². The maximum Gasteiger partial charge on any atom is 0.247 e. The van der Waals surface area contributed by atoms with Crippen LogP contribution in [0.1, 0.15) is 38.8 Å². The molecule has 1 aliphatic heterocycles. The van der Waals surface area contributed by atoms with Crippen molar-refractivity contribution in [2.45, 2.75) is 51.3 Å². The van der Waals surface area contributed by atoms with Crippen LogP contribution in [0.4, 0.5) is 0 Å². The molecule has 0 aliphatic carbocycles. The molecule has 0 spiro atoms. The zero-order valence-corrected chi connectivity index (χ0v) is 21.5. The molecule has 0 unspecified atom stereocenters. The Hall–Kier alpha value is -2.37. The molecule has 6 nitrogen and oxygen atoms in total. The third-order valence-corrected chi connectivity index (χ3v) is 7.98. The van der Waals surface area contributed by atoms with Gasteiger partial charge in [-0.2, -0.15) is 4.31 Å². The first-order valence-electron chi connectivity index (χ1n) is 11.8. The fourth-order valence-electron chi connectivity index (χ4n) is 4.02. The van der Waals surface area contributed by atoms with E-state index in [-0.39, 0.29) is 36.0 Å². The predicted molar refractivity (Wildman–Crippen MR) is 135 cm³/mol. The van der Waals surface area contributed by atoms with Gasteiger partial charge in [0.1, 0.15) is 16.7 Å². The van der Waals surface area contributed by atoms with Crippen molar-refractivity contribution < 1.29 is 18.3 Å². The van der Waals surface area contributed by atoms with E-state index in [2.05, 4.69) is 28.9 Å².